The topological polar surface area (TPSA) is 62.6 Å². The fourth-order valence-corrected chi connectivity index (χ4v) is 4.24. The number of rotatable bonds is 4. The summed E-state index contributed by atoms with van der Waals surface area (Å²) in [5.74, 6) is 0.663. The molecule has 3 aromatic rings. The van der Waals surface area contributed by atoms with Gasteiger partial charge in [-0.25, -0.2) is 4.21 Å². The lowest BCUT2D eigenvalue weighted by atomic mass is 10.2. The molecule has 25 heavy (non-hydrogen) atoms. The number of nitrogens with one attached hydrogen (secondary N) is 1. The molecule has 0 aliphatic carbocycles. The molecule has 1 amide bonds. The lowest BCUT2D eigenvalue weighted by Crippen LogP contribution is -2.37. The summed E-state index contributed by atoms with van der Waals surface area (Å²) in [7, 11) is -1.29. The van der Waals surface area contributed by atoms with E-state index in [0.29, 0.717) is 27.7 Å². The van der Waals surface area contributed by atoms with Crippen molar-refractivity contribution in [2.75, 3.05) is 11.4 Å². The third-order valence-electron chi connectivity index (χ3n) is 4.02. The molecule has 0 unspecified atom stereocenters. The SMILES string of the molecule is O=C(CNCc1ccco1)N1c2ccccc2S(=O)c2ccccc21. The van der Waals surface area contributed by atoms with Crippen LogP contribution in [0.25, 0.3) is 0 Å². The minimum absolute atomic E-state index is 0.108. The number of para-hydroxylation sites is 2. The van der Waals surface area contributed by atoms with E-state index in [4.69, 9.17) is 4.42 Å². The van der Waals surface area contributed by atoms with Crippen molar-refractivity contribution in [3.63, 3.8) is 0 Å². The van der Waals surface area contributed by atoms with Crippen molar-refractivity contribution in [1.29, 1.82) is 0 Å². The van der Waals surface area contributed by atoms with Crippen LogP contribution in [0.3, 0.4) is 0 Å². The van der Waals surface area contributed by atoms with Crippen molar-refractivity contribution < 1.29 is 13.4 Å². The molecule has 1 aliphatic heterocycles. The van der Waals surface area contributed by atoms with Gasteiger partial charge in [0.15, 0.2) is 0 Å². The Morgan fingerprint density at radius 3 is 2.20 bits per heavy atom. The van der Waals surface area contributed by atoms with Crippen molar-refractivity contribution in [3.05, 3.63) is 72.7 Å². The van der Waals surface area contributed by atoms with Gasteiger partial charge in [0.1, 0.15) is 5.76 Å². The van der Waals surface area contributed by atoms with Gasteiger partial charge in [-0.3, -0.25) is 9.69 Å². The highest BCUT2D eigenvalue weighted by Crippen LogP contribution is 2.41. The standard InChI is InChI=1S/C19H16N2O3S/c22-19(13-20-12-14-6-5-11-24-14)21-15-7-1-3-9-17(15)25(23)18-10-4-2-8-16(18)21/h1-11,20H,12-13H2. The van der Waals surface area contributed by atoms with Crippen molar-refractivity contribution >= 4 is 28.1 Å². The lowest BCUT2D eigenvalue weighted by Gasteiger charge is -2.31. The first-order valence-corrected chi connectivity index (χ1v) is 9.06. The summed E-state index contributed by atoms with van der Waals surface area (Å²) in [5, 5.41) is 3.10. The van der Waals surface area contributed by atoms with Gasteiger partial charge < -0.3 is 9.73 Å². The van der Waals surface area contributed by atoms with Gasteiger partial charge >= 0.3 is 0 Å². The van der Waals surface area contributed by atoms with E-state index in [1.807, 2.05) is 48.5 Å². The van der Waals surface area contributed by atoms with Crippen LogP contribution in [-0.4, -0.2) is 16.7 Å². The Morgan fingerprint density at radius 1 is 0.960 bits per heavy atom. The molecule has 2 aromatic carbocycles. The van der Waals surface area contributed by atoms with E-state index in [2.05, 4.69) is 5.32 Å². The molecule has 0 saturated heterocycles. The van der Waals surface area contributed by atoms with Gasteiger partial charge in [0, 0.05) is 0 Å². The summed E-state index contributed by atoms with van der Waals surface area (Å²) in [5.41, 5.74) is 1.34. The number of carbonyl (C=O) groups excluding carboxylic acids is 1. The molecule has 1 aliphatic rings. The number of amides is 1. The van der Waals surface area contributed by atoms with Crippen molar-refractivity contribution in [3.8, 4) is 0 Å². The van der Waals surface area contributed by atoms with Crippen LogP contribution in [0.5, 0.6) is 0 Å². The molecule has 4 rings (SSSR count). The predicted molar refractivity (Wildman–Crippen MR) is 95.1 cm³/mol. The van der Waals surface area contributed by atoms with E-state index in [9.17, 15) is 9.00 Å². The molecule has 6 heteroatoms. The van der Waals surface area contributed by atoms with Crippen molar-refractivity contribution in [1.82, 2.24) is 5.32 Å². The van der Waals surface area contributed by atoms with Crippen LogP contribution in [0.4, 0.5) is 11.4 Å². The lowest BCUT2D eigenvalue weighted by molar-refractivity contribution is -0.117. The van der Waals surface area contributed by atoms with Gasteiger partial charge in [0.25, 0.3) is 0 Å². The van der Waals surface area contributed by atoms with Gasteiger partial charge in [-0.2, -0.15) is 0 Å². The molecule has 1 N–H and O–H groups in total. The zero-order valence-electron chi connectivity index (χ0n) is 13.3. The maximum atomic E-state index is 12.9. The molecule has 1 aromatic heterocycles. The quantitative estimate of drug-likeness (QED) is 0.783. The van der Waals surface area contributed by atoms with E-state index < -0.39 is 10.8 Å². The van der Waals surface area contributed by atoms with Crippen LogP contribution >= 0.6 is 0 Å². The number of furan rings is 1. The van der Waals surface area contributed by atoms with E-state index in [0.717, 1.165) is 5.76 Å². The Balaban J connectivity index is 1.63. The second kappa shape index (κ2) is 6.66. The summed E-state index contributed by atoms with van der Waals surface area (Å²) >= 11 is 0. The van der Waals surface area contributed by atoms with Gasteiger partial charge in [0.05, 0.1) is 51.3 Å². The van der Waals surface area contributed by atoms with Crippen LogP contribution in [0, 0.1) is 0 Å². The first kappa shape index (κ1) is 15.8. The van der Waals surface area contributed by atoms with E-state index in [1.165, 1.54) is 0 Å². The van der Waals surface area contributed by atoms with Crippen LogP contribution in [-0.2, 0) is 22.1 Å². The minimum atomic E-state index is -1.29. The third kappa shape index (κ3) is 2.90. The van der Waals surface area contributed by atoms with E-state index >= 15 is 0 Å². The molecule has 0 atom stereocenters. The Hall–Kier alpha value is -2.70. The minimum Gasteiger partial charge on any atom is -0.468 e. The molecular weight excluding hydrogens is 336 g/mol. The molecule has 0 spiro atoms. The van der Waals surface area contributed by atoms with Gasteiger partial charge in [-0.15, -0.1) is 0 Å². The Kier molecular flexibility index (Phi) is 4.21. The second-order valence-electron chi connectivity index (χ2n) is 5.62. The van der Waals surface area contributed by atoms with Crippen LogP contribution in [0.2, 0.25) is 0 Å². The maximum Gasteiger partial charge on any atom is 0.245 e. The molecule has 2 heterocycles. The fourth-order valence-electron chi connectivity index (χ4n) is 2.90. The number of nitrogens with zero attached hydrogens (tertiary/aromatic N) is 1. The highest BCUT2D eigenvalue weighted by atomic mass is 32.2. The molecule has 126 valence electrons. The molecule has 0 bridgehead atoms. The average molecular weight is 352 g/mol. The smallest absolute Gasteiger partial charge is 0.245 e. The Morgan fingerprint density at radius 2 is 1.60 bits per heavy atom. The number of anilines is 2. The first-order chi connectivity index (χ1) is 12.3. The zero-order chi connectivity index (χ0) is 17.2. The number of hydrogen-bond acceptors (Lipinski definition) is 4. The van der Waals surface area contributed by atoms with Gasteiger partial charge in [-0.1, -0.05) is 24.3 Å². The maximum absolute atomic E-state index is 12.9. The molecule has 0 fully saturated rings. The van der Waals surface area contributed by atoms with Gasteiger partial charge in [-0.05, 0) is 36.4 Å². The highest BCUT2D eigenvalue weighted by Gasteiger charge is 2.31. The molecular formula is C19H16N2O3S. The monoisotopic (exact) mass is 352 g/mol. The number of hydrogen-bond donors (Lipinski definition) is 1. The highest BCUT2D eigenvalue weighted by molar-refractivity contribution is 7.85. The number of benzene rings is 2. The number of carbonyl (C=O) groups is 1. The van der Waals surface area contributed by atoms with E-state index in [-0.39, 0.29) is 12.5 Å². The van der Waals surface area contributed by atoms with E-state index in [1.54, 1.807) is 23.3 Å². The average Bonchev–Trinajstić information content (AvgIpc) is 3.16. The van der Waals surface area contributed by atoms with Crippen molar-refractivity contribution in [2.24, 2.45) is 0 Å². The number of fused-ring (bicyclic) bond motifs is 2. The normalized spacial score (nSPS) is 13.4. The summed E-state index contributed by atoms with van der Waals surface area (Å²) < 4.78 is 18.1. The fraction of sp³-hybridized carbons (Fsp3) is 0.105. The van der Waals surface area contributed by atoms with Gasteiger partial charge in [0.2, 0.25) is 5.91 Å². The first-order valence-electron chi connectivity index (χ1n) is 7.91. The van der Waals surface area contributed by atoms with Crippen molar-refractivity contribution in [2.45, 2.75) is 16.3 Å². The zero-order valence-corrected chi connectivity index (χ0v) is 14.2. The molecule has 5 nitrogen and oxygen atoms in total. The summed E-state index contributed by atoms with van der Waals surface area (Å²) in [6.45, 7) is 0.623. The van der Waals surface area contributed by atoms with Crippen LogP contribution < -0.4 is 10.2 Å². The second-order valence-corrected chi connectivity index (χ2v) is 7.03. The summed E-state index contributed by atoms with van der Waals surface area (Å²) in [4.78, 5) is 15.8. The third-order valence-corrected chi connectivity index (χ3v) is 5.51. The largest absolute Gasteiger partial charge is 0.468 e. The Labute approximate surface area is 147 Å². The van der Waals surface area contributed by atoms with Crippen LogP contribution in [0.15, 0.2) is 81.1 Å². The van der Waals surface area contributed by atoms with Crippen LogP contribution in [0.1, 0.15) is 5.76 Å². The Bertz CT molecular complexity index is 888. The predicted octanol–water partition coefficient (Wildman–Crippen LogP) is 3.21. The molecule has 0 radical (unpaired) electrons. The summed E-state index contributed by atoms with van der Waals surface area (Å²) in [6, 6.07) is 18.3. The molecule has 0 saturated carbocycles. The summed E-state index contributed by atoms with van der Waals surface area (Å²) in [6.07, 6.45) is 1.60.